The zero-order valence-corrected chi connectivity index (χ0v) is 29.3. The smallest absolute Gasteiger partial charge is 0.408 e. The summed E-state index contributed by atoms with van der Waals surface area (Å²) in [6.45, 7) is 5.46. The van der Waals surface area contributed by atoms with E-state index in [9.17, 15) is 31.9 Å². The number of halogens is 2. The summed E-state index contributed by atoms with van der Waals surface area (Å²) in [5.41, 5.74) is 8.27. The number of rotatable bonds is 18. The van der Waals surface area contributed by atoms with E-state index < -0.39 is 62.7 Å². The topological polar surface area (TPSA) is 139 Å². The minimum absolute atomic E-state index is 0.00566. The first-order valence-electron chi connectivity index (χ1n) is 17.3. The minimum atomic E-state index is -3.86. The lowest BCUT2D eigenvalue weighted by atomic mass is 9.98. The number of benzene rings is 2. The molecule has 1 saturated carbocycles. The van der Waals surface area contributed by atoms with E-state index in [0.29, 0.717) is 38.5 Å². The summed E-state index contributed by atoms with van der Waals surface area (Å²) in [7, 11) is -3.86. The average molecular weight is 694 g/mol. The number of nitrogens with two attached hydrogens (primary N) is 1. The first-order valence-corrected chi connectivity index (χ1v) is 19.0. The number of aliphatic hydroxyl groups excluding tert-OH is 1. The maximum atomic E-state index is 14.4. The number of aliphatic hydroxyl groups is 1. The van der Waals surface area contributed by atoms with Crippen molar-refractivity contribution in [3.63, 3.8) is 0 Å². The van der Waals surface area contributed by atoms with Gasteiger partial charge in [0.15, 0.2) is 9.84 Å². The van der Waals surface area contributed by atoms with Crippen molar-refractivity contribution in [2.75, 3.05) is 12.3 Å². The Hall–Kier alpha value is -3.09. The van der Waals surface area contributed by atoms with Gasteiger partial charge in [0.1, 0.15) is 23.8 Å². The highest BCUT2D eigenvalue weighted by atomic mass is 32.2. The number of carbonyl (C=O) groups excluding carboxylic acids is 2. The van der Waals surface area contributed by atoms with E-state index in [1.165, 1.54) is 4.90 Å². The van der Waals surface area contributed by atoms with Gasteiger partial charge in [0, 0.05) is 25.2 Å². The van der Waals surface area contributed by atoms with Gasteiger partial charge < -0.3 is 25.8 Å². The van der Waals surface area contributed by atoms with Crippen LogP contribution in [0.3, 0.4) is 0 Å². The fourth-order valence-corrected chi connectivity index (χ4v) is 8.47. The van der Waals surface area contributed by atoms with Gasteiger partial charge in [0.25, 0.3) is 0 Å². The van der Waals surface area contributed by atoms with Crippen molar-refractivity contribution in [2.24, 2.45) is 5.73 Å². The van der Waals surface area contributed by atoms with Crippen molar-refractivity contribution < 1.29 is 36.6 Å². The second kappa shape index (κ2) is 19.2. The molecule has 9 nitrogen and oxygen atoms in total. The average Bonchev–Trinajstić information content (AvgIpc) is 3.03. The van der Waals surface area contributed by atoms with Crippen LogP contribution >= 0.6 is 0 Å². The van der Waals surface area contributed by atoms with E-state index in [0.717, 1.165) is 55.0 Å². The maximum Gasteiger partial charge on any atom is 0.408 e. The van der Waals surface area contributed by atoms with E-state index >= 15 is 0 Å². The van der Waals surface area contributed by atoms with Gasteiger partial charge in [0.2, 0.25) is 5.91 Å². The van der Waals surface area contributed by atoms with E-state index in [4.69, 9.17) is 10.5 Å². The SMILES string of the molecule is CCCC(CCC)S(=O)(=O)CC(NC(=O)OC1CCCCC1)C(=O)N(Cc1cccc(CC)c1)C[C@@H](O)[C@@H](N)Cc1cc(F)cc(F)c1. The van der Waals surface area contributed by atoms with Crippen LogP contribution in [0, 0.1) is 11.6 Å². The van der Waals surface area contributed by atoms with Gasteiger partial charge in [-0.1, -0.05) is 64.3 Å². The molecule has 1 unspecified atom stereocenters. The minimum Gasteiger partial charge on any atom is -0.446 e. The second-order valence-corrected chi connectivity index (χ2v) is 15.3. The molecule has 0 heterocycles. The molecule has 12 heteroatoms. The van der Waals surface area contributed by atoms with Gasteiger partial charge in [-0.05, 0) is 80.2 Å². The lowest BCUT2D eigenvalue weighted by Crippen LogP contribution is -2.55. The number of hydrogen-bond donors (Lipinski definition) is 3. The molecule has 3 atom stereocenters. The molecule has 0 bridgehead atoms. The third-order valence-electron chi connectivity index (χ3n) is 8.92. The third-order valence-corrected chi connectivity index (χ3v) is 11.2. The summed E-state index contributed by atoms with van der Waals surface area (Å²) < 4.78 is 60.8. The molecule has 0 aliphatic heterocycles. The Bertz CT molecular complexity index is 1410. The lowest BCUT2D eigenvalue weighted by molar-refractivity contribution is -0.135. The lowest BCUT2D eigenvalue weighted by Gasteiger charge is -2.32. The Morgan fingerprint density at radius 3 is 2.21 bits per heavy atom. The second-order valence-electron chi connectivity index (χ2n) is 13.0. The molecule has 0 radical (unpaired) electrons. The summed E-state index contributed by atoms with van der Waals surface area (Å²) in [6, 6.07) is 8.00. The molecule has 3 rings (SSSR count). The number of hydrogen-bond acceptors (Lipinski definition) is 7. The van der Waals surface area contributed by atoms with Crippen molar-refractivity contribution in [2.45, 2.75) is 127 Å². The van der Waals surface area contributed by atoms with Crippen LogP contribution in [0.2, 0.25) is 0 Å². The number of amides is 2. The highest BCUT2D eigenvalue weighted by molar-refractivity contribution is 7.92. The number of nitrogens with zero attached hydrogens (tertiary/aromatic N) is 1. The fraction of sp³-hybridized carbons (Fsp3) is 0.611. The van der Waals surface area contributed by atoms with Crippen molar-refractivity contribution in [1.82, 2.24) is 10.2 Å². The molecular formula is C36H53F2N3O6S. The van der Waals surface area contributed by atoms with Crippen LogP contribution < -0.4 is 11.1 Å². The first-order chi connectivity index (χ1) is 22.8. The monoisotopic (exact) mass is 693 g/mol. The third kappa shape index (κ3) is 12.4. The molecule has 1 fully saturated rings. The molecule has 48 heavy (non-hydrogen) atoms. The van der Waals surface area contributed by atoms with Gasteiger partial charge in [-0.25, -0.2) is 22.0 Å². The normalized spacial score (nSPS) is 15.9. The Labute approximate surface area is 284 Å². The van der Waals surface area contributed by atoms with E-state index in [2.05, 4.69) is 5.32 Å². The molecule has 2 aromatic carbocycles. The Balaban J connectivity index is 1.93. The van der Waals surface area contributed by atoms with Crippen molar-refractivity contribution in [3.8, 4) is 0 Å². The molecular weight excluding hydrogens is 640 g/mol. The molecule has 0 saturated heterocycles. The summed E-state index contributed by atoms with van der Waals surface area (Å²) in [4.78, 5) is 28.8. The number of aryl methyl sites for hydroxylation is 1. The van der Waals surface area contributed by atoms with Crippen LogP contribution in [0.15, 0.2) is 42.5 Å². The quantitative estimate of drug-likeness (QED) is 0.185. The molecule has 2 aromatic rings. The van der Waals surface area contributed by atoms with Gasteiger partial charge in [-0.15, -0.1) is 0 Å². The summed E-state index contributed by atoms with van der Waals surface area (Å²) in [5, 5.41) is 13.1. The Kier molecular flexibility index (Phi) is 15.7. The summed E-state index contributed by atoms with van der Waals surface area (Å²) in [6.07, 6.45) is 4.50. The van der Waals surface area contributed by atoms with Crippen molar-refractivity contribution >= 4 is 21.8 Å². The molecule has 1 aliphatic carbocycles. The van der Waals surface area contributed by atoms with E-state index in [1.54, 1.807) is 0 Å². The predicted octanol–water partition coefficient (Wildman–Crippen LogP) is 5.60. The molecule has 1 aliphatic rings. The number of ether oxygens (including phenoxy) is 1. The Morgan fingerprint density at radius 2 is 1.60 bits per heavy atom. The fourth-order valence-electron chi connectivity index (χ4n) is 6.32. The Morgan fingerprint density at radius 1 is 0.979 bits per heavy atom. The highest BCUT2D eigenvalue weighted by Crippen LogP contribution is 2.22. The van der Waals surface area contributed by atoms with Crippen LogP contribution in [0.4, 0.5) is 13.6 Å². The molecule has 4 N–H and O–H groups in total. The zero-order chi connectivity index (χ0) is 35.3. The standard InChI is InChI=1S/C36H53F2N3O6S/c1-4-11-31(12-5-2)48(45,46)24-33(40-36(44)47-30-15-8-7-9-16-30)35(43)41(22-26-14-10-13-25(6-3)17-26)23-34(42)32(39)20-27-18-28(37)21-29(38)19-27/h10,13-14,17-19,21,30-34,42H,4-9,11-12,15-16,20,22-24,39H2,1-3H3,(H,40,44)/t32-,33?,34+/m0/s1. The van der Waals surface area contributed by atoms with Crippen molar-refractivity contribution in [1.29, 1.82) is 0 Å². The number of nitrogens with one attached hydrogen (secondary N) is 1. The van der Waals surface area contributed by atoms with E-state index in [-0.39, 0.29) is 31.2 Å². The van der Waals surface area contributed by atoms with Gasteiger partial charge >= 0.3 is 6.09 Å². The summed E-state index contributed by atoms with van der Waals surface area (Å²) in [5.74, 6) is -2.90. The van der Waals surface area contributed by atoms with Crippen LogP contribution in [-0.4, -0.2) is 72.3 Å². The first kappa shape index (κ1) is 39.3. The van der Waals surface area contributed by atoms with Crippen molar-refractivity contribution in [3.05, 3.63) is 70.8 Å². The van der Waals surface area contributed by atoms with E-state index in [1.807, 2.05) is 45.0 Å². The van der Waals surface area contributed by atoms with Gasteiger partial charge in [-0.2, -0.15) is 0 Å². The van der Waals surface area contributed by atoms with Gasteiger partial charge in [-0.3, -0.25) is 4.79 Å². The molecule has 268 valence electrons. The number of alkyl carbamates (subject to hydrolysis) is 1. The predicted molar refractivity (Wildman–Crippen MR) is 183 cm³/mol. The maximum absolute atomic E-state index is 14.4. The van der Waals surface area contributed by atoms with Crippen LogP contribution in [0.1, 0.15) is 95.2 Å². The summed E-state index contributed by atoms with van der Waals surface area (Å²) >= 11 is 0. The van der Waals surface area contributed by atoms with Crippen LogP contribution in [0.5, 0.6) is 0 Å². The van der Waals surface area contributed by atoms with Crippen LogP contribution in [0.25, 0.3) is 0 Å². The highest BCUT2D eigenvalue weighted by Gasteiger charge is 2.36. The van der Waals surface area contributed by atoms with Crippen LogP contribution in [-0.2, 0) is 38.8 Å². The molecule has 0 spiro atoms. The number of sulfone groups is 1. The largest absolute Gasteiger partial charge is 0.446 e. The molecule has 2 amide bonds. The number of carbonyl (C=O) groups is 2. The molecule has 0 aromatic heterocycles. The van der Waals surface area contributed by atoms with Gasteiger partial charge in [0.05, 0.1) is 17.1 Å². The zero-order valence-electron chi connectivity index (χ0n) is 28.5.